The maximum Gasteiger partial charge on any atom is 0.251 e. The Morgan fingerprint density at radius 1 is 1.10 bits per heavy atom. The van der Waals surface area contributed by atoms with Crippen LogP contribution in [0.1, 0.15) is 35.7 Å². The number of aliphatic imine (C=N–C) groups is 1. The van der Waals surface area contributed by atoms with E-state index in [0.29, 0.717) is 18.7 Å². The highest BCUT2D eigenvalue weighted by Gasteiger charge is 2.22. The molecule has 1 fully saturated rings. The first-order chi connectivity index (χ1) is 14.7. The number of nitrogens with one attached hydrogen (secondary N) is 2. The zero-order valence-electron chi connectivity index (χ0n) is 18.3. The zero-order chi connectivity index (χ0) is 21.2. The molecule has 2 aromatic carbocycles. The molecule has 0 aromatic heterocycles. The number of ether oxygens (including phenoxy) is 1. The average molecular weight is 536 g/mol. The molecule has 1 amide bonds. The maximum absolute atomic E-state index is 12.3. The number of hydrogen-bond acceptors (Lipinski definition) is 3. The standard InChI is InChI=1S/C24H32N4O2.HI/c1-3-25-24(27-15-14-26-23(29)20-9-7-8-19(2)18-20)28-16-12-22(13-17-28)30-21-10-5-4-6-11-21;/h4-11,18,22H,3,12-17H2,1-2H3,(H,25,27)(H,26,29);1H. The van der Waals surface area contributed by atoms with Gasteiger partial charge < -0.3 is 20.3 Å². The number of likely N-dealkylation sites (tertiary alicyclic amines) is 1. The molecule has 31 heavy (non-hydrogen) atoms. The Labute approximate surface area is 202 Å². The Bertz CT molecular complexity index is 836. The number of piperidine rings is 1. The number of amides is 1. The van der Waals surface area contributed by atoms with E-state index < -0.39 is 0 Å². The van der Waals surface area contributed by atoms with Crippen molar-refractivity contribution in [3.63, 3.8) is 0 Å². The van der Waals surface area contributed by atoms with Crippen molar-refractivity contribution in [2.75, 3.05) is 32.7 Å². The molecule has 1 saturated heterocycles. The summed E-state index contributed by atoms with van der Waals surface area (Å²) in [4.78, 5) is 19.2. The number of guanidine groups is 1. The van der Waals surface area contributed by atoms with E-state index in [2.05, 4.69) is 22.5 Å². The van der Waals surface area contributed by atoms with Gasteiger partial charge in [-0.05, 0) is 38.1 Å². The molecule has 0 spiro atoms. The van der Waals surface area contributed by atoms with Gasteiger partial charge in [0.1, 0.15) is 11.9 Å². The first-order valence-corrected chi connectivity index (χ1v) is 10.8. The Hall–Kier alpha value is -2.29. The number of carbonyl (C=O) groups is 1. The number of rotatable bonds is 7. The van der Waals surface area contributed by atoms with Crippen LogP contribution in [-0.4, -0.2) is 55.6 Å². The van der Waals surface area contributed by atoms with Gasteiger partial charge in [-0.2, -0.15) is 0 Å². The molecule has 7 heteroatoms. The number of aryl methyl sites for hydroxylation is 1. The van der Waals surface area contributed by atoms with Gasteiger partial charge >= 0.3 is 0 Å². The number of nitrogens with zero attached hydrogens (tertiary/aromatic N) is 2. The normalized spacial score (nSPS) is 14.5. The van der Waals surface area contributed by atoms with Crippen LogP contribution in [0.5, 0.6) is 5.75 Å². The lowest BCUT2D eigenvalue weighted by Gasteiger charge is -2.34. The Morgan fingerprint density at radius 3 is 2.52 bits per heavy atom. The molecular weight excluding hydrogens is 503 g/mol. The van der Waals surface area contributed by atoms with Crippen molar-refractivity contribution in [2.45, 2.75) is 32.8 Å². The van der Waals surface area contributed by atoms with Crippen molar-refractivity contribution in [1.29, 1.82) is 0 Å². The van der Waals surface area contributed by atoms with Crippen LogP contribution in [-0.2, 0) is 0 Å². The second kappa shape index (κ2) is 13.2. The van der Waals surface area contributed by atoms with Gasteiger partial charge in [0.2, 0.25) is 0 Å². The third-order valence-electron chi connectivity index (χ3n) is 5.06. The zero-order valence-corrected chi connectivity index (χ0v) is 20.7. The number of halogens is 1. The molecule has 0 radical (unpaired) electrons. The van der Waals surface area contributed by atoms with Crippen LogP contribution in [0, 0.1) is 6.92 Å². The summed E-state index contributed by atoms with van der Waals surface area (Å²) in [7, 11) is 0. The van der Waals surface area contributed by atoms with Gasteiger partial charge in [-0.3, -0.25) is 9.79 Å². The van der Waals surface area contributed by atoms with Crippen LogP contribution in [0.4, 0.5) is 0 Å². The minimum absolute atomic E-state index is 0. The third-order valence-corrected chi connectivity index (χ3v) is 5.06. The highest BCUT2D eigenvalue weighted by Crippen LogP contribution is 2.18. The summed E-state index contributed by atoms with van der Waals surface area (Å²) in [5.41, 5.74) is 1.76. The Morgan fingerprint density at radius 2 is 1.84 bits per heavy atom. The van der Waals surface area contributed by atoms with Crippen molar-refractivity contribution in [3.05, 3.63) is 65.7 Å². The van der Waals surface area contributed by atoms with E-state index >= 15 is 0 Å². The second-order valence-corrected chi connectivity index (χ2v) is 7.48. The lowest BCUT2D eigenvalue weighted by Crippen LogP contribution is -2.47. The van der Waals surface area contributed by atoms with Gasteiger partial charge in [-0.1, -0.05) is 35.9 Å². The van der Waals surface area contributed by atoms with E-state index in [4.69, 9.17) is 9.73 Å². The molecule has 0 atom stereocenters. The van der Waals surface area contributed by atoms with Gasteiger partial charge in [-0.25, -0.2) is 0 Å². The van der Waals surface area contributed by atoms with Gasteiger partial charge in [0.25, 0.3) is 5.91 Å². The van der Waals surface area contributed by atoms with Gasteiger partial charge in [0, 0.05) is 44.6 Å². The third kappa shape index (κ3) is 8.05. The summed E-state index contributed by atoms with van der Waals surface area (Å²) < 4.78 is 6.08. The Balaban J connectivity index is 0.00000341. The first kappa shape index (κ1) is 25.0. The maximum atomic E-state index is 12.3. The smallest absolute Gasteiger partial charge is 0.251 e. The average Bonchev–Trinajstić information content (AvgIpc) is 2.77. The number of hydrogen-bond donors (Lipinski definition) is 2. The second-order valence-electron chi connectivity index (χ2n) is 7.48. The molecule has 168 valence electrons. The highest BCUT2D eigenvalue weighted by molar-refractivity contribution is 14.0. The van der Waals surface area contributed by atoms with Crippen LogP contribution < -0.4 is 15.4 Å². The monoisotopic (exact) mass is 536 g/mol. The van der Waals surface area contributed by atoms with Crippen molar-refractivity contribution >= 4 is 35.8 Å². The first-order valence-electron chi connectivity index (χ1n) is 10.8. The van der Waals surface area contributed by atoms with Crippen LogP contribution in [0.2, 0.25) is 0 Å². The number of para-hydroxylation sites is 1. The molecule has 2 N–H and O–H groups in total. The molecule has 0 saturated carbocycles. The molecule has 1 aliphatic rings. The predicted molar refractivity (Wildman–Crippen MR) is 137 cm³/mol. The summed E-state index contributed by atoms with van der Waals surface area (Å²) in [5, 5.41) is 6.32. The molecule has 3 rings (SSSR count). The van der Waals surface area contributed by atoms with Crippen LogP contribution in [0.15, 0.2) is 59.6 Å². The molecular formula is C24H33IN4O2. The van der Waals surface area contributed by atoms with E-state index in [1.807, 2.05) is 61.5 Å². The largest absolute Gasteiger partial charge is 0.490 e. The van der Waals surface area contributed by atoms with Crippen LogP contribution >= 0.6 is 24.0 Å². The van der Waals surface area contributed by atoms with Crippen LogP contribution in [0.3, 0.4) is 0 Å². The van der Waals surface area contributed by atoms with E-state index in [1.54, 1.807) is 0 Å². The predicted octanol–water partition coefficient (Wildman–Crippen LogP) is 3.85. The molecule has 0 aliphatic carbocycles. The van der Waals surface area contributed by atoms with Crippen molar-refractivity contribution in [3.8, 4) is 5.75 Å². The number of carbonyl (C=O) groups excluding carboxylic acids is 1. The molecule has 2 aromatic rings. The molecule has 1 heterocycles. The van der Waals surface area contributed by atoms with Crippen molar-refractivity contribution in [2.24, 2.45) is 4.99 Å². The van der Waals surface area contributed by atoms with Crippen molar-refractivity contribution in [1.82, 2.24) is 15.5 Å². The topological polar surface area (TPSA) is 66.0 Å². The fraction of sp³-hybridized carbons (Fsp3) is 0.417. The van der Waals surface area contributed by atoms with E-state index in [1.165, 1.54) is 0 Å². The summed E-state index contributed by atoms with van der Waals surface area (Å²) >= 11 is 0. The fourth-order valence-corrected chi connectivity index (χ4v) is 3.52. The lowest BCUT2D eigenvalue weighted by molar-refractivity contribution is 0.0954. The fourth-order valence-electron chi connectivity index (χ4n) is 3.52. The minimum atomic E-state index is -0.0576. The summed E-state index contributed by atoms with van der Waals surface area (Å²) in [5.74, 6) is 1.78. The summed E-state index contributed by atoms with van der Waals surface area (Å²) in [6.45, 7) is 7.72. The quantitative estimate of drug-likeness (QED) is 0.244. The van der Waals surface area contributed by atoms with Gasteiger partial charge in [0.15, 0.2) is 5.96 Å². The van der Waals surface area contributed by atoms with E-state index in [0.717, 1.165) is 49.7 Å². The molecule has 0 unspecified atom stereocenters. The number of benzene rings is 2. The van der Waals surface area contributed by atoms with Crippen molar-refractivity contribution < 1.29 is 9.53 Å². The lowest BCUT2D eigenvalue weighted by atomic mass is 10.1. The molecule has 0 bridgehead atoms. The van der Waals surface area contributed by atoms with E-state index in [9.17, 15) is 4.79 Å². The van der Waals surface area contributed by atoms with Crippen LogP contribution in [0.25, 0.3) is 0 Å². The summed E-state index contributed by atoms with van der Waals surface area (Å²) in [6.07, 6.45) is 2.16. The molecule has 6 nitrogen and oxygen atoms in total. The summed E-state index contributed by atoms with van der Waals surface area (Å²) in [6, 6.07) is 17.6. The highest BCUT2D eigenvalue weighted by atomic mass is 127. The minimum Gasteiger partial charge on any atom is -0.490 e. The van der Waals surface area contributed by atoms with E-state index in [-0.39, 0.29) is 36.0 Å². The van der Waals surface area contributed by atoms with Gasteiger partial charge in [0.05, 0.1) is 6.54 Å². The SMILES string of the molecule is CCNC(=NCCNC(=O)c1cccc(C)c1)N1CCC(Oc2ccccc2)CC1.I. The Kier molecular flexibility index (Phi) is 10.6. The van der Waals surface area contributed by atoms with Gasteiger partial charge in [-0.15, -0.1) is 24.0 Å². The molecule has 1 aliphatic heterocycles.